The normalized spacial score (nSPS) is 16.1. The number of urea groups is 1. The van der Waals surface area contributed by atoms with Gasteiger partial charge in [0.15, 0.2) is 5.82 Å². The van der Waals surface area contributed by atoms with Crippen LogP contribution in [0.25, 0.3) is 11.4 Å². The maximum Gasteiger partial charge on any atom is 0.324 e. The molecule has 2 amide bonds. The van der Waals surface area contributed by atoms with Gasteiger partial charge in [-0.2, -0.15) is 0 Å². The largest absolute Gasteiger partial charge is 0.378 e. The lowest BCUT2D eigenvalue weighted by Gasteiger charge is -2.29. The summed E-state index contributed by atoms with van der Waals surface area (Å²) >= 11 is 6.43. The molecule has 0 unspecified atom stereocenters. The summed E-state index contributed by atoms with van der Waals surface area (Å²) in [5, 5.41) is 6.01. The Bertz CT molecular complexity index is 1200. The number of nitrogens with zero attached hydrogens (tertiary/aromatic N) is 5. The van der Waals surface area contributed by atoms with E-state index in [0.717, 1.165) is 48.8 Å². The Balaban J connectivity index is 1.22. The van der Waals surface area contributed by atoms with Gasteiger partial charge in [0.2, 0.25) is 0 Å². The molecule has 10 nitrogen and oxygen atoms in total. The molecule has 4 heterocycles. The van der Waals surface area contributed by atoms with Crippen molar-refractivity contribution in [1.82, 2.24) is 15.0 Å². The number of carbonyl (C=O) groups is 1. The second-order valence-electron chi connectivity index (χ2n) is 8.54. The molecule has 0 aliphatic carbocycles. The standard InChI is InChI=1S/C25H28ClN7O3/c1-17-22(26)30-23(31-24(17)33-10-14-36-15-11-33)18-2-4-19(5-3-18)28-25(34)29-21-7-6-20(16-27-21)32-8-12-35-13-9-32/h2-7,16H,8-15H2,1H3,(H2,27,28,29,34). The SMILES string of the molecule is Cc1c(Cl)nc(-c2ccc(NC(=O)Nc3ccc(N4CCOCC4)cn3)cc2)nc1N1CCOCC1. The number of amides is 2. The molecular formula is C25H28ClN7O3. The van der Waals surface area contributed by atoms with Crippen molar-refractivity contribution < 1.29 is 14.3 Å². The molecular weight excluding hydrogens is 482 g/mol. The van der Waals surface area contributed by atoms with Crippen LogP contribution in [0.1, 0.15) is 5.56 Å². The van der Waals surface area contributed by atoms with Gasteiger partial charge >= 0.3 is 6.03 Å². The maximum atomic E-state index is 12.5. The van der Waals surface area contributed by atoms with Crippen molar-refractivity contribution in [2.45, 2.75) is 6.92 Å². The number of aromatic nitrogens is 3. The number of hydrogen-bond acceptors (Lipinski definition) is 8. The molecule has 0 saturated carbocycles. The van der Waals surface area contributed by atoms with Crippen LogP contribution in [0.5, 0.6) is 0 Å². The molecule has 2 N–H and O–H groups in total. The van der Waals surface area contributed by atoms with E-state index in [4.69, 9.17) is 26.1 Å². The fourth-order valence-corrected chi connectivity index (χ4v) is 4.30. The second-order valence-corrected chi connectivity index (χ2v) is 8.90. The first kappa shape index (κ1) is 24.2. The summed E-state index contributed by atoms with van der Waals surface area (Å²) < 4.78 is 10.8. The average molecular weight is 510 g/mol. The van der Waals surface area contributed by atoms with Gasteiger partial charge in [0.1, 0.15) is 16.8 Å². The molecule has 2 saturated heterocycles. The molecule has 1 aromatic carbocycles. The summed E-state index contributed by atoms with van der Waals surface area (Å²) in [5.41, 5.74) is 3.30. The van der Waals surface area contributed by atoms with Crippen molar-refractivity contribution in [2.75, 3.05) is 73.0 Å². The van der Waals surface area contributed by atoms with E-state index in [-0.39, 0.29) is 6.03 Å². The zero-order chi connectivity index (χ0) is 24.9. The molecule has 0 spiro atoms. The van der Waals surface area contributed by atoms with Gasteiger partial charge in [-0.1, -0.05) is 11.6 Å². The zero-order valence-corrected chi connectivity index (χ0v) is 20.8. The predicted molar refractivity (Wildman–Crippen MR) is 140 cm³/mol. The Hall–Kier alpha value is -3.47. The summed E-state index contributed by atoms with van der Waals surface area (Å²) in [6.45, 7) is 7.84. The third-order valence-electron chi connectivity index (χ3n) is 6.14. The number of carbonyl (C=O) groups excluding carboxylic acids is 1. The first-order valence-corrected chi connectivity index (χ1v) is 12.3. The summed E-state index contributed by atoms with van der Waals surface area (Å²) in [6, 6.07) is 10.7. The van der Waals surface area contributed by atoms with E-state index in [1.807, 2.05) is 25.1 Å². The van der Waals surface area contributed by atoms with Crippen LogP contribution < -0.4 is 20.4 Å². The minimum atomic E-state index is -0.376. The highest BCUT2D eigenvalue weighted by atomic mass is 35.5. The van der Waals surface area contributed by atoms with Crippen LogP contribution in [0, 0.1) is 6.92 Å². The van der Waals surface area contributed by atoms with Gasteiger partial charge in [-0.15, -0.1) is 0 Å². The van der Waals surface area contributed by atoms with Crippen molar-refractivity contribution in [2.24, 2.45) is 0 Å². The Morgan fingerprint density at radius 3 is 2.19 bits per heavy atom. The fraction of sp³-hybridized carbons (Fsp3) is 0.360. The molecule has 2 aliphatic rings. The zero-order valence-electron chi connectivity index (χ0n) is 20.0. The van der Waals surface area contributed by atoms with Crippen LogP contribution in [-0.4, -0.2) is 73.6 Å². The van der Waals surface area contributed by atoms with Gasteiger partial charge in [0.25, 0.3) is 0 Å². The number of halogens is 1. The highest BCUT2D eigenvalue weighted by Gasteiger charge is 2.19. The minimum absolute atomic E-state index is 0.376. The van der Waals surface area contributed by atoms with E-state index in [1.165, 1.54) is 0 Å². The van der Waals surface area contributed by atoms with Crippen LogP contribution >= 0.6 is 11.6 Å². The first-order chi connectivity index (χ1) is 17.6. The Labute approximate surface area is 214 Å². The number of morpholine rings is 2. The van der Waals surface area contributed by atoms with E-state index in [2.05, 4.69) is 30.4 Å². The Kier molecular flexibility index (Phi) is 7.45. The van der Waals surface area contributed by atoms with E-state index < -0.39 is 0 Å². The molecule has 0 atom stereocenters. The minimum Gasteiger partial charge on any atom is -0.378 e. The third kappa shape index (κ3) is 5.67. The van der Waals surface area contributed by atoms with Crippen molar-refractivity contribution in [3.8, 4) is 11.4 Å². The highest BCUT2D eigenvalue weighted by molar-refractivity contribution is 6.30. The molecule has 3 aromatic rings. The van der Waals surface area contributed by atoms with Gasteiger partial charge < -0.3 is 24.6 Å². The summed E-state index contributed by atoms with van der Waals surface area (Å²) in [5.74, 6) is 1.83. The van der Waals surface area contributed by atoms with Crippen LogP contribution in [0.3, 0.4) is 0 Å². The molecule has 2 aromatic heterocycles. The molecule has 36 heavy (non-hydrogen) atoms. The lowest BCUT2D eigenvalue weighted by molar-refractivity contribution is 0.122. The van der Waals surface area contributed by atoms with E-state index in [9.17, 15) is 4.79 Å². The molecule has 11 heteroatoms. The number of benzene rings is 1. The molecule has 5 rings (SSSR count). The van der Waals surface area contributed by atoms with Gasteiger partial charge in [0, 0.05) is 43.0 Å². The molecule has 2 fully saturated rings. The highest BCUT2D eigenvalue weighted by Crippen LogP contribution is 2.28. The van der Waals surface area contributed by atoms with Gasteiger partial charge in [-0.3, -0.25) is 5.32 Å². The summed E-state index contributed by atoms with van der Waals surface area (Å²) in [6.07, 6.45) is 1.76. The smallest absolute Gasteiger partial charge is 0.324 e. The van der Waals surface area contributed by atoms with E-state index in [0.29, 0.717) is 48.9 Å². The second kappa shape index (κ2) is 11.1. The van der Waals surface area contributed by atoms with E-state index in [1.54, 1.807) is 24.4 Å². The topological polar surface area (TPSA) is 105 Å². The Morgan fingerprint density at radius 2 is 1.56 bits per heavy atom. The first-order valence-electron chi connectivity index (χ1n) is 11.9. The lowest BCUT2D eigenvalue weighted by atomic mass is 10.2. The van der Waals surface area contributed by atoms with Crippen molar-refractivity contribution in [3.05, 3.63) is 53.3 Å². The average Bonchev–Trinajstić information content (AvgIpc) is 2.92. The number of ether oxygens (including phenoxy) is 2. The van der Waals surface area contributed by atoms with E-state index >= 15 is 0 Å². The summed E-state index contributed by atoms with van der Waals surface area (Å²) in [4.78, 5) is 30.4. The Morgan fingerprint density at radius 1 is 0.889 bits per heavy atom. The van der Waals surface area contributed by atoms with Gasteiger partial charge in [-0.05, 0) is 43.3 Å². The van der Waals surface area contributed by atoms with Crippen molar-refractivity contribution in [1.29, 1.82) is 0 Å². The van der Waals surface area contributed by atoms with Gasteiger partial charge in [0.05, 0.1) is 38.3 Å². The van der Waals surface area contributed by atoms with Gasteiger partial charge in [-0.25, -0.2) is 19.7 Å². The monoisotopic (exact) mass is 509 g/mol. The summed E-state index contributed by atoms with van der Waals surface area (Å²) in [7, 11) is 0. The molecule has 188 valence electrons. The number of anilines is 4. The van der Waals surface area contributed by atoms with Crippen molar-refractivity contribution in [3.63, 3.8) is 0 Å². The third-order valence-corrected chi connectivity index (χ3v) is 6.51. The maximum absolute atomic E-state index is 12.5. The van der Waals surface area contributed by atoms with Crippen LogP contribution in [0.15, 0.2) is 42.6 Å². The molecule has 2 aliphatic heterocycles. The number of rotatable bonds is 5. The predicted octanol–water partition coefficient (Wildman–Crippen LogP) is 3.82. The quantitative estimate of drug-likeness (QED) is 0.500. The van der Waals surface area contributed by atoms with Crippen LogP contribution in [-0.2, 0) is 9.47 Å². The lowest BCUT2D eigenvalue weighted by Crippen LogP contribution is -2.37. The number of pyridine rings is 1. The van der Waals surface area contributed by atoms with Crippen LogP contribution in [0.4, 0.5) is 27.8 Å². The molecule has 0 bridgehead atoms. The number of hydrogen-bond donors (Lipinski definition) is 2. The van der Waals surface area contributed by atoms with Crippen molar-refractivity contribution >= 4 is 40.6 Å². The van der Waals surface area contributed by atoms with Crippen LogP contribution in [0.2, 0.25) is 5.15 Å². The fourth-order valence-electron chi connectivity index (χ4n) is 4.14. The molecule has 0 radical (unpaired) electrons. The number of nitrogens with one attached hydrogen (secondary N) is 2.